The predicted molar refractivity (Wildman–Crippen MR) is 119 cm³/mol. The number of nitrogens with one attached hydrogen (secondary N) is 2. The Hall–Kier alpha value is -2.61. The van der Waals surface area contributed by atoms with E-state index in [9.17, 15) is 4.79 Å². The highest BCUT2D eigenvalue weighted by atomic mass is 32.2. The minimum absolute atomic E-state index is 0.0800. The molecule has 0 radical (unpaired) electrons. The van der Waals surface area contributed by atoms with E-state index < -0.39 is 0 Å². The van der Waals surface area contributed by atoms with Crippen LogP contribution in [0.1, 0.15) is 42.3 Å². The van der Waals surface area contributed by atoms with Crippen molar-refractivity contribution in [2.45, 2.75) is 52.4 Å². The van der Waals surface area contributed by atoms with Crippen molar-refractivity contribution in [2.75, 3.05) is 17.6 Å². The Morgan fingerprint density at radius 3 is 2.69 bits per heavy atom. The molecule has 29 heavy (non-hydrogen) atoms. The smallest absolute Gasteiger partial charge is 0.251 e. The number of benzene rings is 1. The minimum Gasteiger partial charge on any atom is -0.367 e. The van der Waals surface area contributed by atoms with Crippen LogP contribution in [0.2, 0.25) is 0 Å². The van der Waals surface area contributed by atoms with Crippen LogP contribution in [0.3, 0.4) is 0 Å². The summed E-state index contributed by atoms with van der Waals surface area (Å²) in [4.78, 5) is 21.7. The Labute approximate surface area is 175 Å². The summed E-state index contributed by atoms with van der Waals surface area (Å²) in [6.45, 7) is 11.3. The number of fused-ring (bicyclic) bond motifs is 1. The van der Waals surface area contributed by atoms with Gasteiger partial charge in [0.25, 0.3) is 5.91 Å². The van der Waals surface area contributed by atoms with E-state index in [1.165, 1.54) is 5.56 Å². The van der Waals surface area contributed by atoms with E-state index >= 15 is 0 Å². The number of amides is 1. The Kier molecular flexibility index (Phi) is 6.74. The van der Waals surface area contributed by atoms with Crippen molar-refractivity contribution in [3.05, 3.63) is 41.1 Å². The van der Waals surface area contributed by atoms with E-state index in [1.807, 2.05) is 36.7 Å². The van der Waals surface area contributed by atoms with E-state index in [2.05, 4.69) is 46.5 Å². The first kappa shape index (κ1) is 21.1. The Morgan fingerprint density at radius 1 is 1.21 bits per heavy atom. The van der Waals surface area contributed by atoms with Gasteiger partial charge < -0.3 is 10.6 Å². The van der Waals surface area contributed by atoms with Crippen LogP contribution < -0.4 is 10.6 Å². The van der Waals surface area contributed by atoms with Crippen LogP contribution in [-0.2, 0) is 6.54 Å². The molecule has 0 fully saturated rings. The number of carbonyl (C=O) groups excluding carboxylic acids is 1. The number of hydrogen-bond acceptors (Lipinski definition) is 6. The van der Waals surface area contributed by atoms with Gasteiger partial charge in [-0.3, -0.25) is 4.79 Å². The molecule has 3 rings (SSSR count). The van der Waals surface area contributed by atoms with Gasteiger partial charge >= 0.3 is 0 Å². The maximum atomic E-state index is 12.4. The fourth-order valence-corrected chi connectivity index (χ4v) is 3.50. The highest BCUT2D eigenvalue weighted by molar-refractivity contribution is 7.99. The first-order valence-corrected chi connectivity index (χ1v) is 10.9. The average molecular weight is 413 g/mol. The van der Waals surface area contributed by atoms with Crippen molar-refractivity contribution in [3.63, 3.8) is 0 Å². The molecule has 154 valence electrons. The number of aromatic nitrogens is 4. The van der Waals surface area contributed by atoms with Gasteiger partial charge in [-0.1, -0.05) is 24.8 Å². The molecule has 0 saturated heterocycles. The van der Waals surface area contributed by atoms with Crippen LogP contribution in [0, 0.1) is 13.8 Å². The zero-order chi connectivity index (χ0) is 21.0. The third kappa shape index (κ3) is 5.06. The Bertz CT molecular complexity index is 1010. The van der Waals surface area contributed by atoms with Gasteiger partial charge in [0.15, 0.2) is 10.8 Å². The molecule has 0 aliphatic carbocycles. The van der Waals surface area contributed by atoms with Crippen LogP contribution in [0.4, 0.5) is 5.82 Å². The summed E-state index contributed by atoms with van der Waals surface area (Å²) in [6.07, 6.45) is 1.78. The first-order chi connectivity index (χ1) is 13.9. The van der Waals surface area contributed by atoms with Gasteiger partial charge in [-0.15, -0.1) is 0 Å². The summed E-state index contributed by atoms with van der Waals surface area (Å²) in [7, 11) is 0. The van der Waals surface area contributed by atoms with E-state index in [-0.39, 0.29) is 11.9 Å². The summed E-state index contributed by atoms with van der Waals surface area (Å²) in [5.41, 5.74) is 3.74. The molecule has 8 heteroatoms. The lowest BCUT2D eigenvalue weighted by atomic mass is 10.1. The lowest BCUT2D eigenvalue weighted by molar-refractivity contribution is 0.0952. The number of rotatable bonds is 8. The average Bonchev–Trinajstić information content (AvgIpc) is 3.07. The van der Waals surface area contributed by atoms with E-state index in [1.54, 1.807) is 18.0 Å². The highest BCUT2D eigenvalue weighted by Gasteiger charge is 2.14. The van der Waals surface area contributed by atoms with E-state index in [0.717, 1.165) is 33.3 Å². The van der Waals surface area contributed by atoms with Crippen molar-refractivity contribution >= 4 is 34.5 Å². The second-order valence-corrected chi connectivity index (χ2v) is 8.48. The fourth-order valence-electron chi connectivity index (χ4n) is 2.94. The number of anilines is 1. The molecule has 0 aliphatic heterocycles. The number of nitrogens with zero attached hydrogens (tertiary/aromatic N) is 4. The van der Waals surface area contributed by atoms with Gasteiger partial charge in [0.2, 0.25) is 0 Å². The van der Waals surface area contributed by atoms with Gasteiger partial charge in [-0.25, -0.2) is 14.6 Å². The molecule has 2 N–H and O–H groups in total. The van der Waals surface area contributed by atoms with Gasteiger partial charge in [0, 0.05) is 18.2 Å². The molecule has 1 amide bonds. The zero-order valence-electron chi connectivity index (χ0n) is 17.6. The maximum absolute atomic E-state index is 12.4. The first-order valence-electron chi connectivity index (χ1n) is 9.87. The summed E-state index contributed by atoms with van der Waals surface area (Å²) in [5.74, 6) is 1.61. The Balaban J connectivity index is 1.75. The number of carbonyl (C=O) groups is 1. The predicted octanol–water partition coefficient (Wildman–Crippen LogP) is 3.81. The molecule has 0 bridgehead atoms. The van der Waals surface area contributed by atoms with Crippen molar-refractivity contribution in [1.82, 2.24) is 25.1 Å². The summed E-state index contributed by atoms with van der Waals surface area (Å²) >= 11 is 1.60. The molecule has 7 nitrogen and oxygen atoms in total. The topological polar surface area (TPSA) is 84.7 Å². The van der Waals surface area contributed by atoms with Gasteiger partial charge in [-0.05, 0) is 56.7 Å². The molecule has 0 saturated carbocycles. The molecule has 0 spiro atoms. The standard InChI is InChI=1S/C21H28N6OS/c1-6-29-21-25-18(24-13(2)3)17-12-23-27(19(17)26-21)10-9-22-20(28)16-8-7-14(4)15(5)11-16/h7-8,11-13H,6,9-10H2,1-5H3,(H,22,28)(H,24,25,26). The van der Waals surface area contributed by atoms with Gasteiger partial charge in [0.05, 0.1) is 18.1 Å². The highest BCUT2D eigenvalue weighted by Crippen LogP contribution is 2.24. The molecule has 0 unspecified atom stereocenters. The van der Waals surface area contributed by atoms with Crippen molar-refractivity contribution in [2.24, 2.45) is 0 Å². The molecule has 1 aromatic carbocycles. The quantitative estimate of drug-likeness (QED) is 0.432. The monoisotopic (exact) mass is 412 g/mol. The van der Waals surface area contributed by atoms with E-state index in [4.69, 9.17) is 0 Å². The lowest BCUT2D eigenvalue weighted by Crippen LogP contribution is -2.27. The van der Waals surface area contributed by atoms with Gasteiger partial charge in [0.1, 0.15) is 5.82 Å². The third-order valence-corrected chi connectivity index (χ3v) is 5.28. The molecule has 2 aromatic heterocycles. The van der Waals surface area contributed by atoms with Crippen LogP contribution in [-0.4, -0.2) is 44.0 Å². The molecular formula is C21H28N6OS. The summed E-state index contributed by atoms with van der Waals surface area (Å²) in [6, 6.07) is 6.00. The second-order valence-electron chi connectivity index (χ2n) is 7.25. The van der Waals surface area contributed by atoms with Crippen LogP contribution >= 0.6 is 11.8 Å². The van der Waals surface area contributed by atoms with Crippen molar-refractivity contribution in [1.29, 1.82) is 0 Å². The van der Waals surface area contributed by atoms with E-state index in [0.29, 0.717) is 18.7 Å². The number of hydrogen-bond donors (Lipinski definition) is 2. The van der Waals surface area contributed by atoms with Crippen LogP contribution in [0.5, 0.6) is 0 Å². The second kappa shape index (κ2) is 9.26. The molecule has 0 atom stereocenters. The molecule has 0 aliphatic rings. The maximum Gasteiger partial charge on any atom is 0.251 e. The molecular weight excluding hydrogens is 384 g/mol. The number of aryl methyl sites for hydroxylation is 2. The summed E-state index contributed by atoms with van der Waals surface area (Å²) < 4.78 is 1.82. The number of thioether (sulfide) groups is 1. The van der Waals surface area contributed by atoms with Crippen LogP contribution in [0.25, 0.3) is 11.0 Å². The molecule has 3 aromatic rings. The molecule has 2 heterocycles. The fraction of sp³-hybridized carbons (Fsp3) is 0.429. The zero-order valence-corrected chi connectivity index (χ0v) is 18.4. The van der Waals surface area contributed by atoms with Gasteiger partial charge in [-0.2, -0.15) is 5.10 Å². The van der Waals surface area contributed by atoms with Crippen molar-refractivity contribution in [3.8, 4) is 0 Å². The normalized spacial score (nSPS) is 11.2. The largest absolute Gasteiger partial charge is 0.367 e. The third-order valence-electron chi connectivity index (χ3n) is 4.55. The Morgan fingerprint density at radius 2 is 2.00 bits per heavy atom. The lowest BCUT2D eigenvalue weighted by Gasteiger charge is -2.12. The minimum atomic E-state index is -0.0800. The SMILES string of the molecule is CCSc1nc(NC(C)C)c2cnn(CCNC(=O)c3ccc(C)c(C)c3)c2n1. The van der Waals surface area contributed by atoms with Crippen LogP contribution in [0.15, 0.2) is 29.6 Å². The van der Waals surface area contributed by atoms with Crippen molar-refractivity contribution < 1.29 is 4.79 Å². The summed E-state index contributed by atoms with van der Waals surface area (Å²) in [5, 5.41) is 12.4.